The van der Waals surface area contributed by atoms with E-state index in [0.29, 0.717) is 31.1 Å². The molecule has 0 aromatic heterocycles. The highest BCUT2D eigenvalue weighted by atomic mass is 28.4. The Morgan fingerprint density at radius 1 is 0.940 bits per heavy atom. The van der Waals surface area contributed by atoms with Crippen LogP contribution in [-0.2, 0) is 27.9 Å². The van der Waals surface area contributed by atoms with Crippen LogP contribution in [0.5, 0.6) is 0 Å². The fourth-order valence-corrected chi connectivity index (χ4v) is 12.6. The van der Waals surface area contributed by atoms with Gasteiger partial charge in [0.1, 0.15) is 23.9 Å². The molecule has 0 radical (unpaired) electrons. The maximum atomic E-state index is 13.9. The minimum atomic E-state index is -2.40. The summed E-state index contributed by atoms with van der Waals surface area (Å²) in [6.07, 6.45) is 7.19. The van der Waals surface area contributed by atoms with Crippen LogP contribution in [-0.4, -0.2) is 151 Å². The van der Waals surface area contributed by atoms with E-state index in [-0.39, 0.29) is 53.6 Å². The third-order valence-electron chi connectivity index (χ3n) is 16.6. The first-order valence-electron chi connectivity index (χ1n) is 25.9. The second-order valence-electron chi connectivity index (χ2n) is 24.5. The summed E-state index contributed by atoms with van der Waals surface area (Å²) in [5, 5.41) is 46.8. The quantitative estimate of drug-likeness (QED) is 0.0404. The number of rotatable bonds is 15. The molecule has 3 fully saturated rings. The van der Waals surface area contributed by atoms with Gasteiger partial charge in [-0.2, -0.15) is 0 Å². The topological polar surface area (TPSA) is 171 Å². The Hall–Kier alpha value is -1.67. The maximum Gasteiger partial charge on any atom is 0.410 e. The molecule has 0 bridgehead atoms. The first kappa shape index (κ1) is 57.9. The molecule has 3 heterocycles. The molecule has 388 valence electrons. The molecule has 15 heteroatoms. The summed E-state index contributed by atoms with van der Waals surface area (Å²) < 4.78 is 32.2. The number of cyclic esters (lactones) is 1. The molecule has 2 saturated heterocycles. The van der Waals surface area contributed by atoms with Crippen molar-refractivity contribution in [2.45, 2.75) is 256 Å². The van der Waals surface area contributed by atoms with E-state index in [2.05, 4.69) is 86.5 Å². The number of aliphatic hydroxyl groups excluding tert-OH is 2. The van der Waals surface area contributed by atoms with Crippen LogP contribution in [0.15, 0.2) is 23.8 Å². The van der Waals surface area contributed by atoms with Gasteiger partial charge in [-0.15, -0.1) is 0 Å². The molecule has 8 unspecified atom stereocenters. The van der Waals surface area contributed by atoms with Gasteiger partial charge in [-0.3, -0.25) is 9.69 Å². The van der Waals surface area contributed by atoms with Crippen LogP contribution < -0.4 is 0 Å². The monoisotopic (exact) mass is 981 g/mol. The zero-order valence-electron chi connectivity index (χ0n) is 44.7. The maximum absolute atomic E-state index is 13.9. The van der Waals surface area contributed by atoms with Gasteiger partial charge in [0.25, 0.3) is 0 Å². The first-order valence-corrected chi connectivity index (χ1v) is 31.7. The summed E-state index contributed by atoms with van der Waals surface area (Å²) in [6.45, 7) is 35.5. The van der Waals surface area contributed by atoms with Gasteiger partial charge < -0.3 is 48.4 Å². The summed E-state index contributed by atoms with van der Waals surface area (Å²) >= 11 is 0. The van der Waals surface area contributed by atoms with Gasteiger partial charge in [0, 0.05) is 56.6 Å². The molecule has 1 amide bonds. The van der Waals surface area contributed by atoms with Gasteiger partial charge in [0.2, 0.25) is 0 Å². The second kappa shape index (κ2) is 23.3. The van der Waals surface area contributed by atoms with E-state index in [0.717, 1.165) is 19.5 Å². The largest absolute Gasteiger partial charge is 0.457 e. The summed E-state index contributed by atoms with van der Waals surface area (Å²) in [4.78, 5) is 32.1. The number of esters is 1. The Bertz CT molecular complexity index is 1660. The Labute approximate surface area is 408 Å². The Balaban J connectivity index is 1.54. The number of piperazine rings is 1. The molecule has 1 saturated carbocycles. The molecule has 0 aromatic rings. The Morgan fingerprint density at radius 3 is 2.07 bits per heavy atom. The number of hydrogen-bond acceptors (Lipinski definition) is 12. The molecule has 12 atom stereocenters. The van der Waals surface area contributed by atoms with E-state index in [1.165, 1.54) is 51.5 Å². The second-order valence-corrected chi connectivity index (χ2v) is 34.0. The standard InChI is InChI=1S/C52H96N2O11Si2/c1-17-41(65-67(15,16)50(8,9)10)37(4)46-42(61-46)34-52(12,60)47(57)40(55)32-36(3)45-35(2)24-25-43(62-48(58)54-30-28-53(29-31-54)38-22-20-18-19-21-23-38)51(11,59)27-26-39(33-44(56)63-45)64-66(13,14)49(5,6)7/h24-25,32,35,37-43,45-47,55,57,59-60H,17-23,26-31,33-34H2,1-16H3/b25-24?,36-32+/t35?,37-,39?,40?,41+,42-,43?,45?,46-,47?,51?,52?/m1/s1. The van der Waals surface area contributed by atoms with Gasteiger partial charge in [0.15, 0.2) is 22.7 Å². The van der Waals surface area contributed by atoms with Gasteiger partial charge in [0.05, 0.1) is 30.3 Å². The number of nitrogens with zero attached hydrogens (tertiary/aromatic N) is 2. The van der Waals surface area contributed by atoms with Crippen molar-refractivity contribution in [2.24, 2.45) is 11.8 Å². The van der Waals surface area contributed by atoms with Gasteiger partial charge in [-0.25, -0.2) is 4.79 Å². The van der Waals surface area contributed by atoms with Crippen molar-refractivity contribution in [1.82, 2.24) is 9.80 Å². The molecule has 1 aliphatic carbocycles. The lowest BCUT2D eigenvalue weighted by Crippen LogP contribution is -2.53. The van der Waals surface area contributed by atoms with Crippen LogP contribution in [0.2, 0.25) is 36.3 Å². The molecule has 4 rings (SSSR count). The van der Waals surface area contributed by atoms with Crippen molar-refractivity contribution in [3.8, 4) is 0 Å². The molecule has 4 N–H and O–H groups in total. The van der Waals surface area contributed by atoms with Crippen molar-refractivity contribution in [3.05, 3.63) is 23.8 Å². The molecule has 13 nitrogen and oxygen atoms in total. The van der Waals surface area contributed by atoms with Crippen molar-refractivity contribution in [1.29, 1.82) is 0 Å². The molecule has 3 aliphatic heterocycles. The smallest absolute Gasteiger partial charge is 0.410 e. The van der Waals surface area contributed by atoms with Crippen LogP contribution in [0.3, 0.4) is 0 Å². The number of amides is 1. The molecule has 0 aromatic carbocycles. The van der Waals surface area contributed by atoms with E-state index in [1.807, 2.05) is 6.92 Å². The van der Waals surface area contributed by atoms with Crippen molar-refractivity contribution >= 4 is 28.7 Å². The van der Waals surface area contributed by atoms with Gasteiger partial charge in [-0.05, 0) is 101 Å². The van der Waals surface area contributed by atoms with Crippen molar-refractivity contribution < 1.29 is 53.1 Å². The Kier molecular flexibility index (Phi) is 20.1. The van der Waals surface area contributed by atoms with Crippen molar-refractivity contribution in [2.75, 3.05) is 26.2 Å². The fourth-order valence-electron chi connectivity index (χ4n) is 9.67. The minimum Gasteiger partial charge on any atom is -0.457 e. The average Bonchev–Trinajstić information content (AvgIpc) is 4.03. The van der Waals surface area contributed by atoms with Crippen LogP contribution in [0.1, 0.15) is 154 Å². The average molecular weight is 982 g/mol. The predicted octanol–water partition coefficient (Wildman–Crippen LogP) is 9.27. The summed E-state index contributed by atoms with van der Waals surface area (Å²) in [5.41, 5.74) is -2.76. The van der Waals surface area contributed by atoms with Crippen LogP contribution in [0, 0.1) is 11.8 Å². The highest BCUT2D eigenvalue weighted by Gasteiger charge is 2.52. The zero-order valence-corrected chi connectivity index (χ0v) is 46.7. The molecular formula is C52H96N2O11Si2. The summed E-state index contributed by atoms with van der Waals surface area (Å²) in [5.74, 6) is -0.949. The number of hydrogen-bond donors (Lipinski definition) is 4. The number of aliphatic hydroxyl groups is 4. The van der Waals surface area contributed by atoms with E-state index in [9.17, 15) is 30.0 Å². The number of carbonyl (C=O) groups excluding carboxylic acids is 2. The van der Waals surface area contributed by atoms with Crippen LogP contribution in [0.4, 0.5) is 4.79 Å². The minimum absolute atomic E-state index is 0.00875. The summed E-state index contributed by atoms with van der Waals surface area (Å²) in [7, 11) is -4.44. The SMILES string of the molecule is CC[C@H](O[Si](C)(C)C(C)(C)C)[C@@H](C)[C@H]1O[C@@H]1CC(C)(O)C(O)C(O)/C=C(\C)C1OC(=O)CC(O[Si](C)(C)C(C)(C)C)CCC(C)(O)C(OC(=O)N2CCN(C3CCCCCC3)CC2)C=CC1C. The molecule has 4 aliphatic rings. The lowest BCUT2D eigenvalue weighted by Gasteiger charge is -2.41. The Morgan fingerprint density at radius 2 is 1.52 bits per heavy atom. The van der Waals surface area contributed by atoms with E-state index in [4.69, 9.17) is 23.1 Å². The lowest BCUT2D eigenvalue weighted by molar-refractivity contribution is -0.151. The highest BCUT2D eigenvalue weighted by Crippen LogP contribution is 2.44. The normalized spacial score (nSPS) is 31.3. The third-order valence-corrected chi connectivity index (χ3v) is 25.6. The number of ether oxygens (including phenoxy) is 3. The van der Waals surface area contributed by atoms with Crippen LogP contribution >= 0.6 is 0 Å². The predicted molar refractivity (Wildman–Crippen MR) is 271 cm³/mol. The first-order chi connectivity index (χ1) is 30.8. The van der Waals surface area contributed by atoms with Crippen LogP contribution in [0.25, 0.3) is 0 Å². The lowest BCUT2D eigenvalue weighted by atomic mass is 9.85. The fraction of sp³-hybridized carbons (Fsp3) is 0.885. The molecule has 0 spiro atoms. The summed E-state index contributed by atoms with van der Waals surface area (Å²) in [6, 6.07) is 0.557. The van der Waals surface area contributed by atoms with E-state index >= 15 is 0 Å². The van der Waals surface area contributed by atoms with Crippen molar-refractivity contribution in [3.63, 3.8) is 0 Å². The molecule has 67 heavy (non-hydrogen) atoms. The van der Waals surface area contributed by atoms with Gasteiger partial charge in [-0.1, -0.05) is 100 Å². The molecular weight excluding hydrogens is 885 g/mol. The van der Waals surface area contributed by atoms with Gasteiger partial charge >= 0.3 is 12.1 Å². The zero-order chi connectivity index (χ0) is 50.5. The third kappa shape index (κ3) is 15.9. The number of epoxide rings is 1. The number of carbonyl (C=O) groups is 2. The van der Waals surface area contributed by atoms with E-state index in [1.54, 1.807) is 30.9 Å². The highest BCUT2D eigenvalue weighted by molar-refractivity contribution is 6.74. The van der Waals surface area contributed by atoms with E-state index < -0.39 is 76.3 Å².